The molecular formula is C21H14ClF2N3O. The summed E-state index contributed by atoms with van der Waals surface area (Å²) in [5.41, 5.74) is 1.33. The number of hydrogen-bond donors (Lipinski definition) is 1. The van der Waals surface area contributed by atoms with E-state index < -0.39 is 17.7 Å². The van der Waals surface area contributed by atoms with Crippen LogP contribution in [0.4, 0.5) is 14.5 Å². The van der Waals surface area contributed by atoms with Crippen LogP contribution in [0.2, 0.25) is 5.02 Å². The number of hydrogen-bond acceptors (Lipinski definition) is 4. The summed E-state index contributed by atoms with van der Waals surface area (Å²) >= 11 is 6.20. The zero-order valence-electron chi connectivity index (χ0n) is 14.4. The van der Waals surface area contributed by atoms with Crippen LogP contribution in [0.5, 0.6) is 0 Å². The van der Waals surface area contributed by atoms with Crippen molar-refractivity contribution in [2.24, 2.45) is 0 Å². The van der Waals surface area contributed by atoms with E-state index in [-0.39, 0.29) is 17.5 Å². The Hall–Kier alpha value is -3.25. The zero-order valence-corrected chi connectivity index (χ0v) is 15.2. The van der Waals surface area contributed by atoms with E-state index in [9.17, 15) is 8.78 Å². The lowest BCUT2D eigenvalue weighted by Gasteiger charge is -2.17. The highest BCUT2D eigenvalue weighted by atomic mass is 35.5. The molecule has 28 heavy (non-hydrogen) atoms. The Bertz CT molecular complexity index is 1100. The number of nitrogens with zero attached hydrogens (tertiary/aromatic N) is 2. The molecule has 0 spiro atoms. The van der Waals surface area contributed by atoms with Crippen LogP contribution in [0.25, 0.3) is 11.5 Å². The van der Waals surface area contributed by atoms with E-state index in [1.54, 1.807) is 24.3 Å². The highest BCUT2D eigenvalue weighted by Gasteiger charge is 2.23. The zero-order chi connectivity index (χ0) is 19.5. The van der Waals surface area contributed by atoms with Crippen molar-refractivity contribution in [3.63, 3.8) is 0 Å². The van der Waals surface area contributed by atoms with Gasteiger partial charge in [0.2, 0.25) is 11.8 Å². The lowest BCUT2D eigenvalue weighted by atomic mass is 10.1. The second-order valence-corrected chi connectivity index (χ2v) is 6.44. The molecule has 140 valence electrons. The second kappa shape index (κ2) is 7.78. The smallest absolute Gasteiger partial charge is 0.249 e. The second-order valence-electron chi connectivity index (χ2n) is 6.04. The molecule has 0 saturated carbocycles. The van der Waals surface area contributed by atoms with E-state index >= 15 is 0 Å². The van der Waals surface area contributed by atoms with Gasteiger partial charge < -0.3 is 9.73 Å². The minimum Gasteiger partial charge on any atom is -0.418 e. The van der Waals surface area contributed by atoms with Crippen LogP contribution in [-0.4, -0.2) is 10.2 Å². The molecule has 0 fully saturated rings. The average Bonchev–Trinajstić information content (AvgIpc) is 3.19. The number of aromatic nitrogens is 2. The van der Waals surface area contributed by atoms with Gasteiger partial charge >= 0.3 is 0 Å². The van der Waals surface area contributed by atoms with Crippen molar-refractivity contribution in [2.75, 3.05) is 5.32 Å². The number of halogens is 3. The molecule has 0 aliphatic carbocycles. The summed E-state index contributed by atoms with van der Waals surface area (Å²) in [7, 11) is 0. The standard InChI is InChI=1S/C21H14ClF2N3O/c22-16-9-5-4-8-15(16)20-26-27-21(28-20)19(13-6-2-1-3-7-13)25-18-12-14(23)10-11-17(18)24/h1-12,19,25H/t19-/m1/s1. The number of rotatable bonds is 5. The number of benzene rings is 3. The molecule has 0 saturated heterocycles. The Balaban J connectivity index is 1.75. The molecule has 4 nitrogen and oxygen atoms in total. The van der Waals surface area contributed by atoms with Gasteiger partial charge in [-0.25, -0.2) is 8.78 Å². The van der Waals surface area contributed by atoms with Gasteiger partial charge in [-0.05, 0) is 35.9 Å². The molecule has 4 rings (SSSR count). The third-order valence-corrected chi connectivity index (χ3v) is 4.48. The van der Waals surface area contributed by atoms with Crippen LogP contribution in [0.15, 0.2) is 77.2 Å². The van der Waals surface area contributed by atoms with Crippen LogP contribution in [0.1, 0.15) is 17.5 Å². The predicted molar refractivity (Wildman–Crippen MR) is 103 cm³/mol. The van der Waals surface area contributed by atoms with E-state index in [0.717, 1.165) is 23.8 Å². The molecule has 3 aromatic carbocycles. The maximum Gasteiger partial charge on any atom is 0.249 e. The monoisotopic (exact) mass is 397 g/mol. The minimum atomic E-state index is -0.679. The lowest BCUT2D eigenvalue weighted by molar-refractivity contribution is 0.492. The van der Waals surface area contributed by atoms with Gasteiger partial charge in [0.1, 0.15) is 17.7 Å². The van der Waals surface area contributed by atoms with Crippen LogP contribution in [-0.2, 0) is 0 Å². The van der Waals surface area contributed by atoms with Crippen molar-refractivity contribution in [1.29, 1.82) is 0 Å². The molecule has 0 radical (unpaired) electrons. The van der Waals surface area contributed by atoms with Gasteiger partial charge in [0.15, 0.2) is 0 Å². The Morgan fingerprint density at radius 2 is 1.64 bits per heavy atom. The predicted octanol–water partition coefficient (Wildman–Crippen LogP) is 5.87. The molecular weight excluding hydrogens is 384 g/mol. The molecule has 1 heterocycles. The van der Waals surface area contributed by atoms with E-state index in [1.807, 2.05) is 30.3 Å². The summed E-state index contributed by atoms with van der Waals surface area (Å²) in [5, 5.41) is 11.6. The van der Waals surface area contributed by atoms with Gasteiger partial charge in [0.25, 0.3) is 0 Å². The normalized spacial score (nSPS) is 12.0. The molecule has 4 aromatic rings. The first-order valence-corrected chi connectivity index (χ1v) is 8.84. The highest BCUT2D eigenvalue weighted by molar-refractivity contribution is 6.33. The molecule has 0 aliphatic heterocycles. The first-order valence-electron chi connectivity index (χ1n) is 8.46. The molecule has 0 bridgehead atoms. The fourth-order valence-electron chi connectivity index (χ4n) is 2.79. The summed E-state index contributed by atoms with van der Waals surface area (Å²) in [4.78, 5) is 0. The van der Waals surface area contributed by atoms with E-state index in [2.05, 4.69) is 15.5 Å². The van der Waals surface area contributed by atoms with Crippen LogP contribution in [0.3, 0.4) is 0 Å². The molecule has 1 atom stereocenters. The van der Waals surface area contributed by atoms with Crippen molar-refractivity contribution < 1.29 is 13.2 Å². The van der Waals surface area contributed by atoms with Crippen molar-refractivity contribution in [1.82, 2.24) is 10.2 Å². The summed E-state index contributed by atoms with van der Waals surface area (Å²) in [6, 6.07) is 18.8. The highest BCUT2D eigenvalue weighted by Crippen LogP contribution is 2.31. The minimum absolute atomic E-state index is 0.00801. The molecule has 0 aliphatic rings. The van der Waals surface area contributed by atoms with Gasteiger partial charge in [-0.2, -0.15) is 0 Å². The quantitative estimate of drug-likeness (QED) is 0.457. The molecule has 1 aromatic heterocycles. The molecule has 7 heteroatoms. The van der Waals surface area contributed by atoms with Crippen molar-refractivity contribution in [3.05, 3.63) is 101 Å². The van der Waals surface area contributed by atoms with Crippen LogP contribution >= 0.6 is 11.6 Å². The topological polar surface area (TPSA) is 51.0 Å². The Kier molecular flexibility index (Phi) is 5.04. The average molecular weight is 398 g/mol. The lowest BCUT2D eigenvalue weighted by Crippen LogP contribution is -2.14. The van der Waals surface area contributed by atoms with Crippen LogP contribution < -0.4 is 5.32 Å². The van der Waals surface area contributed by atoms with Gasteiger partial charge in [0, 0.05) is 0 Å². The van der Waals surface area contributed by atoms with Gasteiger partial charge in [-0.3, -0.25) is 0 Å². The Morgan fingerprint density at radius 1 is 0.893 bits per heavy atom. The summed E-state index contributed by atoms with van der Waals surface area (Å²) in [6.07, 6.45) is 0. The largest absolute Gasteiger partial charge is 0.418 e. The maximum absolute atomic E-state index is 14.2. The summed E-state index contributed by atoms with van der Waals surface area (Å²) < 4.78 is 33.6. The van der Waals surface area contributed by atoms with Gasteiger partial charge in [0.05, 0.1) is 16.3 Å². The van der Waals surface area contributed by atoms with Crippen molar-refractivity contribution in [2.45, 2.75) is 6.04 Å². The SMILES string of the molecule is Fc1ccc(F)c(N[C@H](c2ccccc2)c2nnc(-c3ccccc3Cl)o2)c1. The molecule has 1 N–H and O–H groups in total. The van der Waals surface area contributed by atoms with E-state index in [4.69, 9.17) is 16.0 Å². The maximum atomic E-state index is 14.2. The summed E-state index contributed by atoms with van der Waals surface area (Å²) in [6.45, 7) is 0. The third-order valence-electron chi connectivity index (χ3n) is 4.15. The fourth-order valence-corrected chi connectivity index (χ4v) is 3.01. The van der Waals surface area contributed by atoms with Crippen molar-refractivity contribution >= 4 is 17.3 Å². The number of nitrogens with one attached hydrogen (secondary N) is 1. The first-order chi connectivity index (χ1) is 13.6. The van der Waals surface area contributed by atoms with Gasteiger partial charge in [-0.15, -0.1) is 10.2 Å². The van der Waals surface area contributed by atoms with Crippen molar-refractivity contribution in [3.8, 4) is 11.5 Å². The Labute approximate surface area is 164 Å². The van der Waals surface area contributed by atoms with E-state index in [0.29, 0.717) is 10.6 Å². The van der Waals surface area contributed by atoms with E-state index in [1.165, 1.54) is 0 Å². The number of anilines is 1. The van der Waals surface area contributed by atoms with Crippen LogP contribution in [0, 0.1) is 11.6 Å². The summed E-state index contributed by atoms with van der Waals surface area (Å²) in [5.74, 6) is -0.709. The first kappa shape index (κ1) is 18.1. The fraction of sp³-hybridized carbons (Fsp3) is 0.0476. The van der Waals surface area contributed by atoms with Gasteiger partial charge in [-0.1, -0.05) is 54.1 Å². The molecule has 0 amide bonds. The third kappa shape index (κ3) is 3.73. The molecule has 0 unspecified atom stereocenters. The Morgan fingerprint density at radius 3 is 2.43 bits per heavy atom.